The summed E-state index contributed by atoms with van der Waals surface area (Å²) < 4.78 is 8.74. The Hall–Kier alpha value is -2.94. The van der Waals surface area contributed by atoms with Crippen molar-refractivity contribution in [2.45, 2.75) is 66.7 Å². The average molecular weight is 428 g/mol. The molecular formula is C29H35N2O+. The Bertz CT molecular complexity index is 1280. The Kier molecular flexibility index (Phi) is 6.45. The first-order chi connectivity index (χ1) is 15.4. The second-order valence-corrected chi connectivity index (χ2v) is 9.34. The van der Waals surface area contributed by atoms with Crippen LogP contribution in [-0.4, -0.2) is 4.98 Å². The summed E-state index contributed by atoms with van der Waals surface area (Å²) in [5.41, 5.74) is 8.75. The molecule has 32 heavy (non-hydrogen) atoms. The van der Waals surface area contributed by atoms with Gasteiger partial charge in [-0.3, -0.25) is 0 Å². The zero-order valence-corrected chi connectivity index (χ0v) is 20.2. The molecule has 0 saturated carbocycles. The molecule has 3 aromatic heterocycles. The van der Waals surface area contributed by atoms with Gasteiger partial charge in [0.1, 0.15) is 0 Å². The molecule has 4 aromatic rings. The fourth-order valence-corrected chi connectivity index (χ4v) is 4.63. The number of hydrogen-bond donors (Lipinski definition) is 0. The highest BCUT2D eigenvalue weighted by molar-refractivity contribution is 6.08. The van der Waals surface area contributed by atoms with E-state index in [-0.39, 0.29) is 0 Å². The molecule has 166 valence electrons. The summed E-state index contributed by atoms with van der Waals surface area (Å²) in [5, 5.41) is 2.21. The van der Waals surface area contributed by atoms with Crippen LogP contribution in [0.15, 0.2) is 53.6 Å². The number of nitrogens with zero attached hydrogens (tertiary/aromatic N) is 2. The van der Waals surface area contributed by atoms with Crippen molar-refractivity contribution in [1.29, 1.82) is 0 Å². The highest BCUT2D eigenvalue weighted by Gasteiger charge is 2.25. The minimum atomic E-state index is 0.599. The maximum absolute atomic E-state index is 6.47. The number of furan rings is 1. The van der Waals surface area contributed by atoms with E-state index in [0.717, 1.165) is 59.9 Å². The number of rotatable bonds is 8. The van der Waals surface area contributed by atoms with Gasteiger partial charge in [-0.2, -0.15) is 4.57 Å². The maximum Gasteiger partial charge on any atom is 0.227 e. The summed E-state index contributed by atoms with van der Waals surface area (Å²) in [7, 11) is 0. The molecule has 0 aliphatic carbocycles. The van der Waals surface area contributed by atoms with Crippen LogP contribution in [-0.2, 0) is 12.8 Å². The van der Waals surface area contributed by atoms with Crippen molar-refractivity contribution in [3.05, 3.63) is 66.0 Å². The molecule has 0 aliphatic rings. The second-order valence-electron chi connectivity index (χ2n) is 9.34. The van der Waals surface area contributed by atoms with Crippen molar-refractivity contribution >= 4 is 27.8 Å². The van der Waals surface area contributed by atoms with Crippen LogP contribution in [0.2, 0.25) is 0 Å². The van der Waals surface area contributed by atoms with Gasteiger partial charge in [0.25, 0.3) is 0 Å². The minimum absolute atomic E-state index is 0.599. The summed E-state index contributed by atoms with van der Waals surface area (Å²) in [5.74, 6) is 0.599. The Morgan fingerprint density at radius 2 is 1.84 bits per heavy atom. The molecule has 0 N–H and O–H groups in total. The van der Waals surface area contributed by atoms with Gasteiger partial charge in [-0.15, -0.1) is 0 Å². The largest absolute Gasteiger partial charge is 0.437 e. The smallest absolute Gasteiger partial charge is 0.227 e. The van der Waals surface area contributed by atoms with Crippen molar-refractivity contribution in [1.82, 2.24) is 4.98 Å². The van der Waals surface area contributed by atoms with E-state index in [2.05, 4.69) is 86.4 Å². The third-order valence-electron chi connectivity index (χ3n) is 6.05. The van der Waals surface area contributed by atoms with Gasteiger partial charge >= 0.3 is 0 Å². The van der Waals surface area contributed by atoms with Gasteiger partial charge < -0.3 is 4.42 Å². The third-order valence-corrected chi connectivity index (χ3v) is 6.05. The van der Waals surface area contributed by atoms with Crippen LogP contribution >= 0.6 is 0 Å². The molecule has 3 heteroatoms. The summed E-state index contributed by atoms with van der Waals surface area (Å²) in [6.45, 7) is 15.4. The average Bonchev–Trinajstić information content (AvgIpc) is 3.11. The SMILES string of the molecule is C=C(CCC)[n+]1ccc(CC(C)C)cc1-c1c(CCC)ccc2c1oc1nc(C)ccc12. The van der Waals surface area contributed by atoms with Gasteiger partial charge in [-0.25, -0.2) is 4.98 Å². The molecule has 0 amide bonds. The van der Waals surface area contributed by atoms with Crippen molar-refractivity contribution in [2.75, 3.05) is 0 Å². The van der Waals surface area contributed by atoms with E-state index in [1.807, 2.05) is 6.92 Å². The van der Waals surface area contributed by atoms with Crippen molar-refractivity contribution in [3.8, 4) is 11.3 Å². The number of aryl methyl sites for hydroxylation is 2. The topological polar surface area (TPSA) is 29.9 Å². The monoisotopic (exact) mass is 427 g/mol. The predicted octanol–water partition coefficient (Wildman–Crippen LogP) is 7.67. The van der Waals surface area contributed by atoms with E-state index < -0.39 is 0 Å². The van der Waals surface area contributed by atoms with Gasteiger partial charge in [-0.05, 0) is 61.9 Å². The van der Waals surface area contributed by atoms with Crippen LogP contribution in [0, 0.1) is 12.8 Å². The van der Waals surface area contributed by atoms with Crippen molar-refractivity contribution in [2.24, 2.45) is 5.92 Å². The highest BCUT2D eigenvalue weighted by Crippen LogP contribution is 2.37. The summed E-state index contributed by atoms with van der Waals surface area (Å²) >= 11 is 0. The molecule has 0 aliphatic heterocycles. The Morgan fingerprint density at radius 1 is 1.06 bits per heavy atom. The van der Waals surface area contributed by atoms with Gasteiger partial charge in [0.2, 0.25) is 11.4 Å². The molecule has 4 rings (SSSR count). The zero-order valence-electron chi connectivity index (χ0n) is 20.2. The molecule has 0 spiro atoms. The number of allylic oxidation sites excluding steroid dienone is 1. The van der Waals surface area contributed by atoms with Crippen LogP contribution in [0.5, 0.6) is 0 Å². The van der Waals surface area contributed by atoms with E-state index in [9.17, 15) is 0 Å². The minimum Gasteiger partial charge on any atom is -0.437 e. The van der Waals surface area contributed by atoms with E-state index in [1.165, 1.54) is 22.4 Å². The standard InChI is InChI=1S/C29H35N2O/c1-7-9-21(6)31-16-15-22(17-19(3)4)18-26(31)27-23(10-8-2)12-14-24-25-13-11-20(5)30-29(25)32-28(24)27/h11-16,18-19H,6-10,17H2,1-5H3/q+1. The first kappa shape index (κ1) is 22.3. The summed E-state index contributed by atoms with van der Waals surface area (Å²) in [6, 6.07) is 13.3. The third kappa shape index (κ3) is 4.21. The van der Waals surface area contributed by atoms with E-state index in [1.54, 1.807) is 0 Å². The first-order valence-corrected chi connectivity index (χ1v) is 12.0. The van der Waals surface area contributed by atoms with Gasteiger partial charge in [0.15, 0.2) is 17.5 Å². The Morgan fingerprint density at radius 3 is 2.56 bits per heavy atom. The molecular weight excluding hydrogens is 392 g/mol. The molecule has 0 atom stereocenters. The quantitative estimate of drug-likeness (QED) is 0.270. The zero-order chi connectivity index (χ0) is 22.8. The lowest BCUT2D eigenvalue weighted by atomic mass is 9.94. The number of hydrogen-bond acceptors (Lipinski definition) is 2. The molecule has 0 radical (unpaired) electrons. The molecule has 0 bridgehead atoms. The lowest BCUT2D eigenvalue weighted by molar-refractivity contribution is -0.571. The highest BCUT2D eigenvalue weighted by atomic mass is 16.3. The predicted molar refractivity (Wildman–Crippen MR) is 135 cm³/mol. The Balaban J connectivity index is 2.06. The van der Waals surface area contributed by atoms with Gasteiger partial charge in [-0.1, -0.05) is 46.2 Å². The van der Waals surface area contributed by atoms with Crippen LogP contribution in [0.25, 0.3) is 39.0 Å². The summed E-state index contributed by atoms with van der Waals surface area (Å²) in [6.07, 6.45) is 7.36. The Labute approximate surface area is 191 Å². The van der Waals surface area contributed by atoms with Crippen molar-refractivity contribution < 1.29 is 8.98 Å². The van der Waals surface area contributed by atoms with E-state index in [4.69, 9.17) is 4.42 Å². The molecule has 0 fully saturated rings. The van der Waals surface area contributed by atoms with Crippen LogP contribution < -0.4 is 4.57 Å². The number of pyridine rings is 2. The fraction of sp³-hybridized carbons (Fsp3) is 0.379. The molecule has 3 heterocycles. The van der Waals surface area contributed by atoms with E-state index >= 15 is 0 Å². The molecule has 0 unspecified atom stereocenters. The molecule has 3 nitrogen and oxygen atoms in total. The van der Waals surface area contributed by atoms with Crippen LogP contribution in [0.3, 0.4) is 0 Å². The first-order valence-electron chi connectivity index (χ1n) is 12.0. The van der Waals surface area contributed by atoms with E-state index in [0.29, 0.717) is 11.6 Å². The lowest BCUT2D eigenvalue weighted by Gasteiger charge is -2.13. The lowest BCUT2D eigenvalue weighted by Crippen LogP contribution is -2.34. The number of benzene rings is 1. The van der Waals surface area contributed by atoms with Crippen LogP contribution in [0.4, 0.5) is 0 Å². The van der Waals surface area contributed by atoms with Gasteiger partial charge in [0.05, 0.1) is 5.56 Å². The van der Waals surface area contributed by atoms with Crippen molar-refractivity contribution in [3.63, 3.8) is 0 Å². The summed E-state index contributed by atoms with van der Waals surface area (Å²) in [4.78, 5) is 4.68. The second kappa shape index (κ2) is 9.28. The maximum atomic E-state index is 6.47. The van der Waals surface area contributed by atoms with Crippen LogP contribution in [0.1, 0.15) is 63.8 Å². The molecule has 0 saturated heterocycles. The number of aromatic nitrogens is 2. The number of fused-ring (bicyclic) bond motifs is 3. The molecule has 1 aromatic carbocycles. The van der Waals surface area contributed by atoms with Gasteiger partial charge in [0, 0.05) is 35.0 Å². The normalized spacial score (nSPS) is 11.7. The fourth-order valence-electron chi connectivity index (χ4n) is 4.63.